The molecule has 0 aliphatic carbocycles. The van der Waals surface area contributed by atoms with Crippen LogP contribution in [0.3, 0.4) is 0 Å². The van der Waals surface area contributed by atoms with Crippen molar-refractivity contribution in [3.63, 3.8) is 0 Å². The van der Waals surface area contributed by atoms with Crippen molar-refractivity contribution in [1.82, 2.24) is 10.2 Å². The number of carbonyl (C=O) groups excluding carboxylic acids is 1. The SMILES string of the molecule is Cc1[nH]nc2cc(NC(=O)CCl)ccc12.Cl. The molecule has 4 nitrogen and oxygen atoms in total. The van der Waals surface area contributed by atoms with Crippen molar-refractivity contribution in [3.8, 4) is 0 Å². The minimum absolute atomic E-state index is 0. The van der Waals surface area contributed by atoms with Crippen LogP contribution in [-0.4, -0.2) is 22.0 Å². The van der Waals surface area contributed by atoms with Gasteiger partial charge in [0.15, 0.2) is 0 Å². The predicted octanol–water partition coefficient (Wildman–Crippen LogP) is 2.47. The number of H-pyrrole nitrogens is 1. The van der Waals surface area contributed by atoms with Crippen molar-refractivity contribution in [3.05, 3.63) is 23.9 Å². The number of aromatic nitrogens is 2. The van der Waals surface area contributed by atoms with E-state index in [0.717, 1.165) is 16.6 Å². The molecule has 0 bridgehead atoms. The normalized spacial score (nSPS) is 9.88. The Kier molecular flexibility index (Phi) is 4.15. The molecule has 0 radical (unpaired) electrons. The molecule has 6 heteroatoms. The molecule has 2 rings (SSSR count). The number of alkyl halides is 1. The first kappa shape index (κ1) is 12.8. The Morgan fingerprint density at radius 2 is 2.31 bits per heavy atom. The number of rotatable bonds is 2. The molecular formula is C10H11Cl2N3O. The van der Waals surface area contributed by atoms with Gasteiger partial charge in [0, 0.05) is 16.8 Å². The van der Waals surface area contributed by atoms with Crippen molar-refractivity contribution in [2.75, 3.05) is 11.2 Å². The third-order valence-electron chi connectivity index (χ3n) is 2.15. The summed E-state index contributed by atoms with van der Waals surface area (Å²) in [5.74, 6) is -0.263. The van der Waals surface area contributed by atoms with Gasteiger partial charge in [0.2, 0.25) is 5.91 Å². The topological polar surface area (TPSA) is 57.8 Å². The second-order valence-electron chi connectivity index (χ2n) is 3.26. The number of aromatic amines is 1. The summed E-state index contributed by atoms with van der Waals surface area (Å²) < 4.78 is 0. The van der Waals surface area contributed by atoms with Crippen molar-refractivity contribution in [2.45, 2.75) is 6.92 Å². The number of nitrogens with one attached hydrogen (secondary N) is 2. The Morgan fingerprint density at radius 3 is 3.00 bits per heavy atom. The zero-order valence-corrected chi connectivity index (χ0v) is 10.2. The van der Waals surface area contributed by atoms with Gasteiger partial charge < -0.3 is 5.32 Å². The number of hydrogen-bond acceptors (Lipinski definition) is 2. The Balaban J connectivity index is 0.00000128. The summed E-state index contributed by atoms with van der Waals surface area (Å²) >= 11 is 5.39. The van der Waals surface area contributed by atoms with Crippen molar-refractivity contribution in [1.29, 1.82) is 0 Å². The molecule has 0 saturated heterocycles. The number of aryl methyl sites for hydroxylation is 1. The van der Waals surface area contributed by atoms with Gasteiger partial charge in [0.25, 0.3) is 0 Å². The fourth-order valence-corrected chi connectivity index (χ4v) is 1.48. The van der Waals surface area contributed by atoms with Gasteiger partial charge >= 0.3 is 0 Å². The molecule has 2 aromatic rings. The van der Waals surface area contributed by atoms with E-state index in [4.69, 9.17) is 11.6 Å². The highest BCUT2D eigenvalue weighted by Gasteiger charge is 2.04. The van der Waals surface area contributed by atoms with E-state index in [2.05, 4.69) is 15.5 Å². The molecule has 1 aromatic heterocycles. The summed E-state index contributed by atoms with van der Waals surface area (Å²) in [6.07, 6.45) is 0. The highest BCUT2D eigenvalue weighted by atomic mass is 35.5. The molecule has 0 unspecified atom stereocenters. The van der Waals surface area contributed by atoms with Crippen molar-refractivity contribution in [2.24, 2.45) is 0 Å². The largest absolute Gasteiger partial charge is 0.325 e. The van der Waals surface area contributed by atoms with E-state index in [1.54, 1.807) is 0 Å². The number of halogens is 2. The molecule has 86 valence electrons. The molecule has 1 aromatic carbocycles. The lowest BCUT2D eigenvalue weighted by Crippen LogP contribution is -2.12. The molecular weight excluding hydrogens is 249 g/mol. The highest BCUT2D eigenvalue weighted by molar-refractivity contribution is 6.29. The van der Waals surface area contributed by atoms with Crippen LogP contribution in [0.1, 0.15) is 5.69 Å². The maximum Gasteiger partial charge on any atom is 0.239 e. The van der Waals surface area contributed by atoms with Gasteiger partial charge in [-0.1, -0.05) is 0 Å². The Bertz CT molecular complexity index is 510. The van der Waals surface area contributed by atoms with E-state index in [1.807, 2.05) is 25.1 Å². The summed E-state index contributed by atoms with van der Waals surface area (Å²) in [7, 11) is 0. The molecule has 1 heterocycles. The third-order valence-corrected chi connectivity index (χ3v) is 2.39. The molecule has 0 spiro atoms. The fourth-order valence-electron chi connectivity index (χ4n) is 1.42. The number of anilines is 1. The van der Waals surface area contributed by atoms with Gasteiger partial charge in [-0.3, -0.25) is 9.89 Å². The Hall–Kier alpha value is -1.26. The summed E-state index contributed by atoms with van der Waals surface area (Å²) in [5.41, 5.74) is 2.56. The zero-order chi connectivity index (χ0) is 10.8. The molecule has 1 amide bonds. The number of nitrogens with zero attached hydrogens (tertiary/aromatic N) is 1. The monoisotopic (exact) mass is 259 g/mol. The molecule has 16 heavy (non-hydrogen) atoms. The minimum Gasteiger partial charge on any atom is -0.325 e. The van der Waals surface area contributed by atoms with Crippen LogP contribution < -0.4 is 5.32 Å². The number of amides is 1. The first-order valence-electron chi connectivity index (χ1n) is 4.51. The minimum atomic E-state index is -0.219. The second kappa shape index (κ2) is 5.18. The molecule has 0 fully saturated rings. The first-order valence-corrected chi connectivity index (χ1v) is 5.04. The van der Waals surface area contributed by atoms with Crippen LogP contribution >= 0.6 is 24.0 Å². The standard InChI is InChI=1S/C10H10ClN3O.ClH/c1-6-8-3-2-7(12-10(15)5-11)4-9(8)14-13-6;/h2-4H,5H2,1H3,(H,12,15)(H,13,14);1H. The van der Waals surface area contributed by atoms with Crippen molar-refractivity contribution >= 4 is 46.5 Å². The highest BCUT2D eigenvalue weighted by Crippen LogP contribution is 2.19. The predicted molar refractivity (Wildman–Crippen MR) is 67.4 cm³/mol. The summed E-state index contributed by atoms with van der Waals surface area (Å²) in [6, 6.07) is 5.55. The quantitative estimate of drug-likeness (QED) is 0.815. The number of hydrogen-bond donors (Lipinski definition) is 2. The van der Waals surface area contributed by atoms with Crippen LogP contribution in [0.25, 0.3) is 10.9 Å². The third kappa shape index (κ3) is 2.46. The lowest BCUT2D eigenvalue weighted by atomic mass is 10.2. The molecule has 0 atom stereocenters. The summed E-state index contributed by atoms with van der Waals surface area (Å²) in [6.45, 7) is 1.95. The van der Waals surface area contributed by atoms with E-state index >= 15 is 0 Å². The average molecular weight is 260 g/mol. The lowest BCUT2D eigenvalue weighted by Gasteiger charge is -2.01. The van der Waals surface area contributed by atoms with Crippen LogP contribution in [0.4, 0.5) is 5.69 Å². The van der Waals surface area contributed by atoms with Gasteiger partial charge in [0.1, 0.15) is 5.88 Å². The Morgan fingerprint density at radius 1 is 1.56 bits per heavy atom. The van der Waals surface area contributed by atoms with Gasteiger partial charge in [0.05, 0.1) is 5.52 Å². The van der Waals surface area contributed by atoms with Gasteiger partial charge in [-0.15, -0.1) is 24.0 Å². The van der Waals surface area contributed by atoms with E-state index in [9.17, 15) is 4.79 Å². The maximum atomic E-state index is 11.1. The smallest absolute Gasteiger partial charge is 0.239 e. The van der Waals surface area contributed by atoms with Crippen LogP contribution in [0.5, 0.6) is 0 Å². The van der Waals surface area contributed by atoms with E-state index in [1.165, 1.54) is 0 Å². The zero-order valence-electron chi connectivity index (χ0n) is 8.58. The number of fused-ring (bicyclic) bond motifs is 1. The molecule has 0 saturated carbocycles. The van der Waals surface area contributed by atoms with Crippen LogP contribution in [-0.2, 0) is 4.79 Å². The maximum absolute atomic E-state index is 11.1. The molecule has 2 N–H and O–H groups in total. The van der Waals surface area contributed by atoms with Crippen LogP contribution in [0.2, 0.25) is 0 Å². The summed E-state index contributed by atoms with van der Waals surface area (Å²) in [4.78, 5) is 11.1. The Labute approximate surface area is 104 Å². The average Bonchev–Trinajstić information content (AvgIpc) is 2.60. The van der Waals surface area contributed by atoms with Crippen LogP contribution in [0.15, 0.2) is 18.2 Å². The fraction of sp³-hybridized carbons (Fsp3) is 0.200. The lowest BCUT2D eigenvalue weighted by molar-refractivity contribution is -0.113. The van der Waals surface area contributed by atoms with E-state index in [0.29, 0.717) is 5.69 Å². The van der Waals surface area contributed by atoms with Gasteiger partial charge in [-0.05, 0) is 25.1 Å². The van der Waals surface area contributed by atoms with Crippen LogP contribution in [0, 0.1) is 6.92 Å². The van der Waals surface area contributed by atoms with Gasteiger partial charge in [-0.2, -0.15) is 5.10 Å². The van der Waals surface area contributed by atoms with Crippen molar-refractivity contribution < 1.29 is 4.79 Å². The second-order valence-corrected chi connectivity index (χ2v) is 3.53. The van der Waals surface area contributed by atoms with E-state index < -0.39 is 0 Å². The first-order chi connectivity index (χ1) is 7.20. The molecule has 0 aliphatic rings. The van der Waals surface area contributed by atoms with E-state index in [-0.39, 0.29) is 24.2 Å². The number of carbonyl (C=O) groups is 1. The van der Waals surface area contributed by atoms with Gasteiger partial charge in [-0.25, -0.2) is 0 Å². The molecule has 0 aliphatic heterocycles. The summed E-state index contributed by atoms with van der Waals surface area (Å²) in [5, 5.41) is 10.7. The number of benzene rings is 1.